The number of alkyl halides is 1. The van der Waals surface area contributed by atoms with E-state index in [1.165, 1.54) is 16.8 Å². The van der Waals surface area contributed by atoms with Crippen LogP contribution in [0.4, 0.5) is 0 Å². The van der Waals surface area contributed by atoms with Gasteiger partial charge in [-0.05, 0) is 18.4 Å². The van der Waals surface area contributed by atoms with Crippen molar-refractivity contribution in [2.45, 2.75) is 39.1 Å². The molecule has 2 rings (SSSR count). The monoisotopic (exact) mass is 262 g/mol. The van der Waals surface area contributed by atoms with Gasteiger partial charge in [-0.3, -0.25) is 4.68 Å². The van der Waals surface area contributed by atoms with E-state index in [1.807, 2.05) is 6.20 Å². The van der Waals surface area contributed by atoms with Crippen molar-refractivity contribution in [3.8, 4) is 0 Å². The Hall–Kier alpha value is -1.28. The van der Waals surface area contributed by atoms with Crippen molar-refractivity contribution >= 4 is 11.6 Å². The van der Waals surface area contributed by atoms with E-state index in [0.717, 1.165) is 12.1 Å². The largest absolute Gasteiger partial charge is 0.265 e. The number of hydrogen-bond donors (Lipinski definition) is 0. The van der Waals surface area contributed by atoms with Gasteiger partial charge in [0.1, 0.15) is 0 Å². The Labute approximate surface area is 114 Å². The maximum Gasteiger partial charge on any atom is 0.0662 e. The topological polar surface area (TPSA) is 17.8 Å². The number of hydrogen-bond acceptors (Lipinski definition) is 1. The highest BCUT2D eigenvalue weighted by Gasteiger charge is 2.13. The predicted molar refractivity (Wildman–Crippen MR) is 76.2 cm³/mol. The first kappa shape index (κ1) is 13.2. The minimum Gasteiger partial charge on any atom is -0.265 e. The number of rotatable bonds is 4. The number of nitrogens with zero attached hydrogens (tertiary/aromatic N) is 2. The van der Waals surface area contributed by atoms with Crippen LogP contribution in [0.25, 0.3) is 0 Å². The summed E-state index contributed by atoms with van der Waals surface area (Å²) < 4.78 is 2.06. The Morgan fingerprint density at radius 3 is 2.44 bits per heavy atom. The number of benzene rings is 1. The SMILES string of the molecule is Cc1ccc(Cn2ncc(CCl)c2C(C)C)cc1. The fraction of sp³-hybridized carbons (Fsp3) is 0.400. The lowest BCUT2D eigenvalue weighted by atomic mass is 10.1. The summed E-state index contributed by atoms with van der Waals surface area (Å²) in [4.78, 5) is 0. The van der Waals surface area contributed by atoms with Crippen LogP contribution in [0.15, 0.2) is 30.5 Å². The molecular formula is C15H19ClN2. The quantitative estimate of drug-likeness (QED) is 0.759. The van der Waals surface area contributed by atoms with Crippen LogP contribution in [-0.2, 0) is 12.4 Å². The molecule has 0 spiro atoms. The second-order valence-corrected chi connectivity index (χ2v) is 5.25. The molecule has 1 aromatic carbocycles. The van der Waals surface area contributed by atoms with E-state index >= 15 is 0 Å². The van der Waals surface area contributed by atoms with E-state index in [2.05, 4.69) is 54.8 Å². The number of aromatic nitrogens is 2. The zero-order chi connectivity index (χ0) is 13.1. The van der Waals surface area contributed by atoms with Gasteiger partial charge in [-0.2, -0.15) is 5.10 Å². The molecule has 0 amide bonds. The van der Waals surface area contributed by atoms with E-state index in [-0.39, 0.29) is 0 Å². The molecule has 1 heterocycles. The van der Waals surface area contributed by atoms with E-state index < -0.39 is 0 Å². The first-order valence-corrected chi connectivity index (χ1v) is 6.81. The highest BCUT2D eigenvalue weighted by Crippen LogP contribution is 2.21. The first-order valence-electron chi connectivity index (χ1n) is 6.28. The molecule has 0 aliphatic rings. The maximum atomic E-state index is 5.96. The number of aryl methyl sites for hydroxylation is 1. The molecule has 0 aliphatic carbocycles. The molecule has 0 N–H and O–H groups in total. The van der Waals surface area contributed by atoms with Crippen molar-refractivity contribution in [2.24, 2.45) is 0 Å². The van der Waals surface area contributed by atoms with Gasteiger partial charge in [0.25, 0.3) is 0 Å². The van der Waals surface area contributed by atoms with E-state index in [1.54, 1.807) is 0 Å². The normalized spacial score (nSPS) is 11.2. The molecule has 0 saturated carbocycles. The highest BCUT2D eigenvalue weighted by molar-refractivity contribution is 6.17. The summed E-state index contributed by atoms with van der Waals surface area (Å²) in [5.41, 5.74) is 4.93. The summed E-state index contributed by atoms with van der Waals surface area (Å²) in [6, 6.07) is 8.58. The van der Waals surface area contributed by atoms with Gasteiger partial charge in [0.15, 0.2) is 0 Å². The lowest BCUT2D eigenvalue weighted by molar-refractivity contribution is 0.615. The fourth-order valence-electron chi connectivity index (χ4n) is 2.20. The van der Waals surface area contributed by atoms with Crippen molar-refractivity contribution in [1.29, 1.82) is 0 Å². The third-order valence-electron chi connectivity index (χ3n) is 3.10. The van der Waals surface area contributed by atoms with Crippen LogP contribution in [0, 0.1) is 6.92 Å². The highest BCUT2D eigenvalue weighted by atomic mass is 35.5. The van der Waals surface area contributed by atoms with Gasteiger partial charge in [0, 0.05) is 11.3 Å². The van der Waals surface area contributed by atoms with Gasteiger partial charge >= 0.3 is 0 Å². The molecule has 0 aliphatic heterocycles. The van der Waals surface area contributed by atoms with Crippen LogP contribution in [0.1, 0.15) is 42.1 Å². The molecule has 0 fully saturated rings. The molecule has 0 atom stereocenters. The van der Waals surface area contributed by atoms with Crippen LogP contribution in [-0.4, -0.2) is 9.78 Å². The average Bonchev–Trinajstić information content (AvgIpc) is 2.75. The van der Waals surface area contributed by atoms with Crippen LogP contribution in [0.2, 0.25) is 0 Å². The molecular weight excluding hydrogens is 244 g/mol. The molecule has 0 radical (unpaired) electrons. The minimum atomic E-state index is 0.437. The van der Waals surface area contributed by atoms with Crippen LogP contribution in [0.5, 0.6) is 0 Å². The number of halogens is 1. The Bertz CT molecular complexity index is 512. The van der Waals surface area contributed by atoms with Gasteiger partial charge in [0.2, 0.25) is 0 Å². The van der Waals surface area contributed by atoms with Gasteiger partial charge in [-0.15, -0.1) is 11.6 Å². The minimum absolute atomic E-state index is 0.437. The Kier molecular flexibility index (Phi) is 4.07. The molecule has 0 unspecified atom stereocenters. The van der Waals surface area contributed by atoms with E-state index in [4.69, 9.17) is 11.6 Å². The van der Waals surface area contributed by atoms with Gasteiger partial charge in [0.05, 0.1) is 18.6 Å². The molecule has 2 aromatic rings. The summed E-state index contributed by atoms with van der Waals surface area (Å²) in [6.07, 6.45) is 1.89. The van der Waals surface area contributed by atoms with E-state index in [0.29, 0.717) is 11.8 Å². The van der Waals surface area contributed by atoms with Crippen molar-refractivity contribution in [3.63, 3.8) is 0 Å². The van der Waals surface area contributed by atoms with Crippen molar-refractivity contribution in [3.05, 3.63) is 52.8 Å². The summed E-state index contributed by atoms with van der Waals surface area (Å²) >= 11 is 5.96. The molecule has 1 aromatic heterocycles. The van der Waals surface area contributed by atoms with Crippen LogP contribution >= 0.6 is 11.6 Å². The Morgan fingerprint density at radius 2 is 1.89 bits per heavy atom. The van der Waals surface area contributed by atoms with E-state index in [9.17, 15) is 0 Å². The summed E-state index contributed by atoms with van der Waals surface area (Å²) in [5.74, 6) is 0.966. The third kappa shape index (κ3) is 2.75. The van der Waals surface area contributed by atoms with Crippen molar-refractivity contribution in [1.82, 2.24) is 9.78 Å². The van der Waals surface area contributed by atoms with Crippen molar-refractivity contribution < 1.29 is 0 Å². The summed E-state index contributed by atoms with van der Waals surface area (Å²) in [5, 5.41) is 4.46. The Morgan fingerprint density at radius 1 is 1.22 bits per heavy atom. The molecule has 18 heavy (non-hydrogen) atoms. The van der Waals surface area contributed by atoms with Crippen LogP contribution in [0.3, 0.4) is 0 Å². The standard InChI is InChI=1S/C15H19ClN2/c1-11(2)15-14(8-16)9-17-18(15)10-13-6-4-12(3)5-7-13/h4-7,9,11H,8,10H2,1-3H3. The zero-order valence-corrected chi connectivity index (χ0v) is 11.9. The maximum absolute atomic E-state index is 5.96. The molecule has 96 valence electrons. The first-order chi connectivity index (χ1) is 8.61. The lowest BCUT2D eigenvalue weighted by Crippen LogP contribution is -2.08. The van der Waals surface area contributed by atoms with Gasteiger partial charge < -0.3 is 0 Å². The smallest absolute Gasteiger partial charge is 0.0662 e. The van der Waals surface area contributed by atoms with Gasteiger partial charge in [-0.1, -0.05) is 43.7 Å². The second kappa shape index (κ2) is 5.57. The predicted octanol–water partition coefficient (Wildman–Crippen LogP) is 4.10. The van der Waals surface area contributed by atoms with Crippen molar-refractivity contribution in [2.75, 3.05) is 0 Å². The lowest BCUT2D eigenvalue weighted by Gasteiger charge is -2.12. The summed E-state index contributed by atoms with van der Waals surface area (Å²) in [7, 11) is 0. The third-order valence-corrected chi connectivity index (χ3v) is 3.39. The molecule has 0 saturated heterocycles. The average molecular weight is 263 g/mol. The zero-order valence-electron chi connectivity index (χ0n) is 11.2. The Balaban J connectivity index is 2.28. The summed E-state index contributed by atoms with van der Waals surface area (Å²) in [6.45, 7) is 7.27. The van der Waals surface area contributed by atoms with Crippen LogP contribution < -0.4 is 0 Å². The second-order valence-electron chi connectivity index (χ2n) is 4.99. The molecule has 0 bridgehead atoms. The molecule has 3 heteroatoms. The molecule has 2 nitrogen and oxygen atoms in total. The fourth-order valence-corrected chi connectivity index (χ4v) is 2.40. The van der Waals surface area contributed by atoms with Gasteiger partial charge in [-0.25, -0.2) is 0 Å².